The molecule has 1 amide bonds. The fourth-order valence-corrected chi connectivity index (χ4v) is 2.34. The number of nitrogens with two attached hydrogens (primary N) is 2. The molecule has 4 N–H and O–H groups in total. The van der Waals surface area contributed by atoms with Gasteiger partial charge in [-0.3, -0.25) is 4.79 Å². The Hall–Kier alpha value is -2.01. The first-order chi connectivity index (χ1) is 8.56. The quantitative estimate of drug-likeness (QED) is 0.835. The topological polar surface area (TPSA) is 69.1 Å². The van der Waals surface area contributed by atoms with Gasteiger partial charge in [0.05, 0.1) is 0 Å². The summed E-state index contributed by atoms with van der Waals surface area (Å²) < 4.78 is 13.0. The Morgan fingerprint density at radius 2 is 1.94 bits per heavy atom. The van der Waals surface area contributed by atoms with Gasteiger partial charge in [-0.25, -0.2) is 4.39 Å². The van der Waals surface area contributed by atoms with E-state index >= 15 is 0 Å². The van der Waals surface area contributed by atoms with Crippen LogP contribution in [0.3, 0.4) is 0 Å². The lowest BCUT2D eigenvalue weighted by Gasteiger charge is -2.06. The van der Waals surface area contributed by atoms with Crippen molar-refractivity contribution in [1.29, 1.82) is 0 Å². The predicted octanol–water partition coefficient (Wildman–Crippen LogP) is 2.66. The molecule has 3 nitrogen and oxygen atoms in total. The molecule has 0 saturated heterocycles. The number of rotatable bonds is 3. The van der Waals surface area contributed by atoms with Crippen LogP contribution in [0.2, 0.25) is 0 Å². The van der Waals surface area contributed by atoms with Crippen molar-refractivity contribution in [1.82, 2.24) is 0 Å². The summed E-state index contributed by atoms with van der Waals surface area (Å²) in [5, 5.41) is 0. The lowest BCUT2D eigenvalue weighted by Crippen LogP contribution is -2.11. The second kappa shape index (κ2) is 5.10. The summed E-state index contributed by atoms with van der Waals surface area (Å²) >= 11 is 1.33. The molecule has 5 heteroatoms. The lowest BCUT2D eigenvalue weighted by molar-refractivity contribution is 0.100. The van der Waals surface area contributed by atoms with Crippen LogP contribution in [0.5, 0.6) is 0 Å². The number of primary amides is 1. The maximum atomic E-state index is 13.0. The van der Waals surface area contributed by atoms with Gasteiger partial charge < -0.3 is 11.5 Å². The third-order valence-corrected chi connectivity index (χ3v) is 3.40. The van der Waals surface area contributed by atoms with Crippen molar-refractivity contribution in [2.75, 3.05) is 5.73 Å². The van der Waals surface area contributed by atoms with Gasteiger partial charge in [-0.1, -0.05) is 17.8 Å². The Kier molecular flexibility index (Phi) is 3.53. The van der Waals surface area contributed by atoms with Crippen LogP contribution in [-0.2, 0) is 0 Å². The number of hydrogen-bond acceptors (Lipinski definition) is 3. The molecule has 18 heavy (non-hydrogen) atoms. The van der Waals surface area contributed by atoms with Crippen LogP contribution in [0.4, 0.5) is 10.1 Å². The van der Waals surface area contributed by atoms with Gasteiger partial charge in [0.25, 0.3) is 0 Å². The number of anilines is 1. The highest BCUT2D eigenvalue weighted by Gasteiger charge is 2.06. The molecule has 0 radical (unpaired) electrons. The highest BCUT2D eigenvalue weighted by molar-refractivity contribution is 7.99. The molecule has 0 aliphatic carbocycles. The van der Waals surface area contributed by atoms with Crippen LogP contribution >= 0.6 is 11.8 Å². The van der Waals surface area contributed by atoms with E-state index in [1.807, 2.05) is 0 Å². The standard InChI is InChI=1S/C13H11FN2OS/c14-9-2-1-3-10(7-9)18-12-5-4-8(13(16)17)6-11(12)15/h1-7H,15H2,(H2,16,17). The Balaban J connectivity index is 2.27. The predicted molar refractivity (Wildman–Crippen MR) is 69.9 cm³/mol. The summed E-state index contributed by atoms with van der Waals surface area (Å²) in [5.74, 6) is -0.823. The van der Waals surface area contributed by atoms with Gasteiger partial charge >= 0.3 is 0 Å². The van der Waals surface area contributed by atoms with Crippen LogP contribution in [0.25, 0.3) is 0 Å². The first-order valence-corrected chi connectivity index (χ1v) is 6.00. The van der Waals surface area contributed by atoms with Gasteiger partial charge in [-0.05, 0) is 36.4 Å². The molecule has 0 bridgehead atoms. The maximum Gasteiger partial charge on any atom is 0.248 e. The smallest absolute Gasteiger partial charge is 0.248 e. The normalized spacial score (nSPS) is 10.3. The first-order valence-electron chi connectivity index (χ1n) is 5.19. The van der Waals surface area contributed by atoms with Crippen molar-refractivity contribution < 1.29 is 9.18 Å². The summed E-state index contributed by atoms with van der Waals surface area (Å²) in [6.07, 6.45) is 0. The van der Waals surface area contributed by atoms with Crippen molar-refractivity contribution in [3.8, 4) is 0 Å². The summed E-state index contributed by atoms with van der Waals surface area (Å²) in [5.41, 5.74) is 11.8. The zero-order chi connectivity index (χ0) is 13.1. The average molecular weight is 262 g/mol. The molecule has 0 heterocycles. The molecule has 0 aliphatic heterocycles. The minimum absolute atomic E-state index is 0.299. The van der Waals surface area contributed by atoms with Crippen molar-refractivity contribution in [2.45, 2.75) is 9.79 Å². The highest BCUT2D eigenvalue weighted by atomic mass is 32.2. The summed E-state index contributed by atoms with van der Waals surface area (Å²) in [7, 11) is 0. The van der Waals surface area contributed by atoms with Gasteiger partial charge in [0, 0.05) is 21.0 Å². The zero-order valence-electron chi connectivity index (χ0n) is 9.39. The summed E-state index contributed by atoms with van der Waals surface area (Å²) in [6.45, 7) is 0. The van der Waals surface area contributed by atoms with Gasteiger partial charge in [0.1, 0.15) is 5.82 Å². The van der Waals surface area contributed by atoms with E-state index in [1.54, 1.807) is 24.3 Å². The number of nitrogen functional groups attached to an aromatic ring is 1. The van der Waals surface area contributed by atoms with Crippen molar-refractivity contribution >= 4 is 23.4 Å². The molecule has 0 spiro atoms. The molecule has 2 rings (SSSR count). The number of carbonyl (C=O) groups excluding carboxylic acids is 1. The van der Waals surface area contributed by atoms with E-state index in [4.69, 9.17) is 11.5 Å². The van der Waals surface area contributed by atoms with E-state index in [0.29, 0.717) is 11.3 Å². The monoisotopic (exact) mass is 262 g/mol. The Morgan fingerprint density at radius 3 is 2.56 bits per heavy atom. The molecule has 0 aliphatic rings. The van der Waals surface area contributed by atoms with E-state index in [-0.39, 0.29) is 5.82 Å². The van der Waals surface area contributed by atoms with Crippen LogP contribution in [0.1, 0.15) is 10.4 Å². The third kappa shape index (κ3) is 2.81. The molecular weight excluding hydrogens is 251 g/mol. The SMILES string of the molecule is NC(=O)c1ccc(Sc2cccc(F)c2)c(N)c1. The second-order valence-electron chi connectivity index (χ2n) is 3.68. The summed E-state index contributed by atoms with van der Waals surface area (Å²) in [6, 6.07) is 11.0. The van der Waals surface area contributed by atoms with E-state index in [2.05, 4.69) is 0 Å². The molecule has 92 valence electrons. The van der Waals surface area contributed by atoms with Crippen LogP contribution in [0.15, 0.2) is 52.3 Å². The van der Waals surface area contributed by atoms with Crippen LogP contribution in [0, 0.1) is 5.82 Å². The average Bonchev–Trinajstić information content (AvgIpc) is 2.31. The van der Waals surface area contributed by atoms with Gasteiger partial charge in [0.2, 0.25) is 5.91 Å². The molecule has 0 saturated carbocycles. The Labute approximate surface area is 108 Å². The van der Waals surface area contributed by atoms with E-state index < -0.39 is 5.91 Å². The fourth-order valence-electron chi connectivity index (χ4n) is 1.45. The number of hydrogen-bond donors (Lipinski definition) is 2. The summed E-state index contributed by atoms with van der Waals surface area (Å²) in [4.78, 5) is 12.5. The van der Waals surface area contributed by atoms with E-state index in [0.717, 1.165) is 9.79 Å². The third-order valence-electron chi connectivity index (χ3n) is 2.32. The molecule has 2 aromatic carbocycles. The minimum atomic E-state index is -0.524. The van der Waals surface area contributed by atoms with Crippen molar-refractivity contribution in [3.05, 3.63) is 53.8 Å². The lowest BCUT2D eigenvalue weighted by atomic mass is 10.2. The Morgan fingerprint density at radius 1 is 1.17 bits per heavy atom. The number of halogens is 1. The Bertz CT molecular complexity index is 601. The second-order valence-corrected chi connectivity index (χ2v) is 4.79. The molecule has 0 unspecified atom stereocenters. The van der Waals surface area contributed by atoms with Gasteiger partial charge in [-0.2, -0.15) is 0 Å². The highest BCUT2D eigenvalue weighted by Crippen LogP contribution is 2.32. The number of carbonyl (C=O) groups is 1. The van der Waals surface area contributed by atoms with E-state index in [1.165, 1.54) is 30.0 Å². The zero-order valence-corrected chi connectivity index (χ0v) is 10.2. The number of benzene rings is 2. The minimum Gasteiger partial charge on any atom is -0.398 e. The molecule has 0 fully saturated rings. The van der Waals surface area contributed by atoms with Gasteiger partial charge in [-0.15, -0.1) is 0 Å². The first kappa shape index (κ1) is 12.4. The maximum absolute atomic E-state index is 13.0. The van der Waals surface area contributed by atoms with Crippen molar-refractivity contribution in [3.63, 3.8) is 0 Å². The van der Waals surface area contributed by atoms with Crippen LogP contribution in [-0.4, -0.2) is 5.91 Å². The fraction of sp³-hybridized carbons (Fsp3) is 0. The molecule has 0 atom stereocenters. The number of amides is 1. The largest absolute Gasteiger partial charge is 0.398 e. The molecule has 2 aromatic rings. The van der Waals surface area contributed by atoms with Gasteiger partial charge in [0.15, 0.2) is 0 Å². The van der Waals surface area contributed by atoms with E-state index in [9.17, 15) is 9.18 Å². The van der Waals surface area contributed by atoms with Crippen molar-refractivity contribution in [2.24, 2.45) is 5.73 Å². The molecule has 0 aromatic heterocycles. The molecular formula is C13H11FN2OS. The van der Waals surface area contributed by atoms with Crippen LogP contribution < -0.4 is 11.5 Å².